The van der Waals surface area contributed by atoms with Crippen LogP contribution >= 0.6 is 11.8 Å². The lowest BCUT2D eigenvalue weighted by molar-refractivity contribution is -0.0786. The van der Waals surface area contributed by atoms with Gasteiger partial charge in [-0.1, -0.05) is 18.2 Å². The second-order valence-corrected chi connectivity index (χ2v) is 6.27. The fourth-order valence-corrected chi connectivity index (χ4v) is 3.42. The van der Waals surface area contributed by atoms with E-state index in [4.69, 9.17) is 4.74 Å². The summed E-state index contributed by atoms with van der Waals surface area (Å²) in [5.74, 6) is 0.923. The minimum atomic E-state index is -1.19. The molecule has 1 aliphatic heterocycles. The van der Waals surface area contributed by atoms with E-state index in [0.29, 0.717) is 11.5 Å². The Balaban J connectivity index is 1.76. The number of pyridine rings is 1. The van der Waals surface area contributed by atoms with E-state index in [1.807, 2.05) is 30.3 Å². The van der Waals surface area contributed by atoms with Crippen molar-refractivity contribution in [1.29, 1.82) is 0 Å². The van der Waals surface area contributed by atoms with Crippen molar-refractivity contribution in [1.82, 2.24) is 4.98 Å². The third-order valence-electron chi connectivity index (χ3n) is 3.54. The molecule has 0 unspecified atom stereocenters. The number of ether oxygens (including phenoxy) is 1. The number of nitrogens with zero attached hydrogens (tertiary/aromatic N) is 1. The Morgan fingerprint density at radius 1 is 1.05 bits per heavy atom. The van der Waals surface area contributed by atoms with Crippen LogP contribution in [-0.4, -0.2) is 49.8 Å². The second kappa shape index (κ2) is 6.66. The molecule has 3 rings (SSSR count). The van der Waals surface area contributed by atoms with E-state index < -0.39 is 23.7 Å². The summed E-state index contributed by atoms with van der Waals surface area (Å²) in [6.45, 7) is 0. The highest BCUT2D eigenvalue weighted by atomic mass is 32.2. The number of thioether (sulfide) groups is 1. The van der Waals surface area contributed by atoms with Crippen LogP contribution in [-0.2, 0) is 0 Å². The highest BCUT2D eigenvalue weighted by molar-refractivity contribution is 7.99. The van der Waals surface area contributed by atoms with Crippen molar-refractivity contribution in [2.45, 2.75) is 23.7 Å². The predicted molar refractivity (Wildman–Crippen MR) is 84.6 cm³/mol. The first-order valence-corrected chi connectivity index (χ1v) is 8.03. The van der Waals surface area contributed by atoms with Crippen molar-refractivity contribution in [3.8, 4) is 16.9 Å². The number of benzene rings is 1. The molecular weight excluding hydrogens is 302 g/mol. The molecule has 6 heteroatoms. The van der Waals surface area contributed by atoms with Crippen LogP contribution in [0.3, 0.4) is 0 Å². The van der Waals surface area contributed by atoms with Gasteiger partial charge < -0.3 is 20.1 Å². The van der Waals surface area contributed by atoms with E-state index in [1.54, 1.807) is 18.5 Å². The lowest BCUT2D eigenvalue weighted by atomic mass is 10.1. The smallest absolute Gasteiger partial charge is 0.173 e. The van der Waals surface area contributed by atoms with Crippen molar-refractivity contribution >= 4 is 11.8 Å². The standard InChI is InChI=1S/C16H17NO4S/c18-13-9-22-16(15(20)14(13)19)21-12-5-1-3-10(7-12)11-4-2-6-17-8-11/h1-8,13-16,18-20H,9H2/t13-,14+,15-,16+/m1/s1. The van der Waals surface area contributed by atoms with E-state index >= 15 is 0 Å². The van der Waals surface area contributed by atoms with Gasteiger partial charge >= 0.3 is 0 Å². The molecular formula is C16H17NO4S. The molecule has 1 aromatic carbocycles. The zero-order chi connectivity index (χ0) is 15.5. The zero-order valence-electron chi connectivity index (χ0n) is 11.7. The van der Waals surface area contributed by atoms with Crippen molar-refractivity contribution in [3.05, 3.63) is 48.8 Å². The zero-order valence-corrected chi connectivity index (χ0v) is 12.6. The molecule has 0 amide bonds. The number of aromatic nitrogens is 1. The molecule has 1 aliphatic rings. The molecule has 3 N–H and O–H groups in total. The van der Waals surface area contributed by atoms with Gasteiger partial charge in [0, 0.05) is 23.7 Å². The lowest BCUT2D eigenvalue weighted by Gasteiger charge is -2.34. The van der Waals surface area contributed by atoms with Gasteiger partial charge in [0.1, 0.15) is 18.0 Å². The average Bonchev–Trinajstić information content (AvgIpc) is 2.57. The summed E-state index contributed by atoms with van der Waals surface area (Å²) in [6, 6.07) is 11.3. The van der Waals surface area contributed by atoms with Crippen molar-refractivity contribution in [3.63, 3.8) is 0 Å². The molecule has 0 saturated carbocycles. The van der Waals surface area contributed by atoms with E-state index in [0.717, 1.165) is 11.1 Å². The topological polar surface area (TPSA) is 82.8 Å². The minimum absolute atomic E-state index is 0.325. The van der Waals surface area contributed by atoms with Crippen molar-refractivity contribution < 1.29 is 20.1 Å². The summed E-state index contributed by atoms with van der Waals surface area (Å²) in [5.41, 5.74) is 1.32. The average molecular weight is 319 g/mol. The van der Waals surface area contributed by atoms with Crippen molar-refractivity contribution in [2.75, 3.05) is 5.75 Å². The van der Waals surface area contributed by atoms with Gasteiger partial charge in [-0.3, -0.25) is 4.98 Å². The van der Waals surface area contributed by atoms with Gasteiger partial charge in [0.2, 0.25) is 0 Å². The maximum atomic E-state index is 9.99. The SMILES string of the molecule is O[C@@H]1[C@@H](O)[C@@H](Oc2cccc(-c3cccnc3)c2)SC[C@H]1O. The van der Waals surface area contributed by atoms with E-state index in [-0.39, 0.29) is 0 Å². The summed E-state index contributed by atoms with van der Waals surface area (Å²) in [6.07, 6.45) is 0.236. The highest BCUT2D eigenvalue weighted by Gasteiger charge is 2.38. The minimum Gasteiger partial charge on any atom is -0.477 e. The first-order valence-electron chi connectivity index (χ1n) is 6.98. The van der Waals surface area contributed by atoms with Gasteiger partial charge in [0.25, 0.3) is 0 Å². The molecule has 2 heterocycles. The van der Waals surface area contributed by atoms with Crippen LogP contribution in [0.1, 0.15) is 0 Å². The van der Waals surface area contributed by atoms with Crippen molar-refractivity contribution in [2.24, 2.45) is 0 Å². The molecule has 1 fully saturated rings. The van der Waals surface area contributed by atoms with E-state index in [9.17, 15) is 15.3 Å². The number of rotatable bonds is 3. The first-order chi connectivity index (χ1) is 10.6. The fourth-order valence-electron chi connectivity index (χ4n) is 2.30. The Kier molecular flexibility index (Phi) is 4.63. The number of aliphatic hydroxyl groups excluding tert-OH is 3. The largest absolute Gasteiger partial charge is 0.477 e. The highest BCUT2D eigenvalue weighted by Crippen LogP contribution is 2.30. The van der Waals surface area contributed by atoms with Gasteiger partial charge in [-0.25, -0.2) is 0 Å². The third-order valence-corrected chi connectivity index (χ3v) is 4.77. The van der Waals surface area contributed by atoms with Crippen LogP contribution < -0.4 is 4.74 Å². The molecule has 5 nitrogen and oxygen atoms in total. The third kappa shape index (κ3) is 3.25. The predicted octanol–water partition coefficient (Wildman–Crippen LogP) is 1.28. The maximum Gasteiger partial charge on any atom is 0.173 e. The van der Waals surface area contributed by atoms with E-state index in [1.165, 1.54) is 11.8 Å². The Labute approximate surface area is 132 Å². The molecule has 4 atom stereocenters. The Morgan fingerprint density at radius 3 is 2.64 bits per heavy atom. The van der Waals surface area contributed by atoms with E-state index in [2.05, 4.69) is 4.98 Å². The van der Waals surface area contributed by atoms with Crippen LogP contribution in [0.2, 0.25) is 0 Å². The molecule has 0 bridgehead atoms. The summed E-state index contributed by atoms with van der Waals surface area (Å²) in [4.78, 5) is 4.09. The molecule has 0 spiro atoms. The van der Waals surface area contributed by atoms with Crippen LogP contribution in [0.5, 0.6) is 5.75 Å². The van der Waals surface area contributed by atoms with Crippen LogP contribution in [0.25, 0.3) is 11.1 Å². The van der Waals surface area contributed by atoms with Gasteiger partial charge in [-0.2, -0.15) is 0 Å². The molecule has 22 heavy (non-hydrogen) atoms. The Morgan fingerprint density at radius 2 is 1.86 bits per heavy atom. The van der Waals surface area contributed by atoms with Gasteiger partial charge in [-0.05, 0) is 23.8 Å². The summed E-state index contributed by atoms with van der Waals surface area (Å²) in [5, 5.41) is 29.2. The Hall–Kier alpha value is -1.60. The Bertz CT molecular complexity index is 625. The molecule has 0 radical (unpaired) electrons. The maximum absolute atomic E-state index is 9.99. The van der Waals surface area contributed by atoms with Gasteiger partial charge in [0.05, 0.1) is 6.10 Å². The molecule has 2 aromatic rings. The molecule has 116 valence electrons. The van der Waals surface area contributed by atoms with Crippen LogP contribution in [0.15, 0.2) is 48.8 Å². The number of hydrogen-bond acceptors (Lipinski definition) is 6. The second-order valence-electron chi connectivity index (χ2n) is 5.14. The number of hydrogen-bond donors (Lipinski definition) is 3. The monoisotopic (exact) mass is 319 g/mol. The molecule has 0 aliphatic carbocycles. The lowest BCUT2D eigenvalue weighted by Crippen LogP contribution is -2.50. The van der Waals surface area contributed by atoms with Crippen LogP contribution in [0, 0.1) is 0 Å². The summed E-state index contributed by atoms with van der Waals surface area (Å²) >= 11 is 1.29. The van der Waals surface area contributed by atoms with Gasteiger partial charge in [0.15, 0.2) is 5.44 Å². The first kappa shape index (κ1) is 15.3. The fraction of sp³-hybridized carbons (Fsp3) is 0.312. The van der Waals surface area contributed by atoms with Gasteiger partial charge in [-0.15, -0.1) is 11.8 Å². The summed E-state index contributed by atoms with van der Waals surface area (Å²) < 4.78 is 5.77. The normalized spacial score (nSPS) is 28.3. The number of aliphatic hydroxyl groups is 3. The summed E-state index contributed by atoms with van der Waals surface area (Å²) in [7, 11) is 0. The quantitative estimate of drug-likeness (QED) is 0.791. The molecule has 1 aromatic heterocycles. The van der Waals surface area contributed by atoms with Crippen LogP contribution in [0.4, 0.5) is 0 Å². The molecule has 1 saturated heterocycles.